The van der Waals surface area contributed by atoms with Gasteiger partial charge in [-0.05, 0) is 74.3 Å². The molecule has 1 aromatic heterocycles. The Morgan fingerprint density at radius 1 is 1.29 bits per heavy atom. The Morgan fingerprint density at radius 3 is 2.54 bits per heavy atom. The van der Waals surface area contributed by atoms with Gasteiger partial charge in [0.25, 0.3) is 0 Å². The SMILES string of the molecule is CC(C)C1(C(O)CCC[C@@H]2CCC[C@@H]2C#N)CCC1.CCCc1ccc(Cl)s1. The Kier molecular flexibility index (Phi) is 9.81. The molecule has 2 aliphatic rings. The normalized spacial score (nSPS) is 24.2. The Labute approximate surface area is 181 Å². The van der Waals surface area contributed by atoms with Gasteiger partial charge in [0.15, 0.2) is 0 Å². The van der Waals surface area contributed by atoms with E-state index in [1.165, 1.54) is 43.4 Å². The van der Waals surface area contributed by atoms with E-state index < -0.39 is 0 Å². The molecule has 2 fully saturated rings. The molecule has 0 aromatic carbocycles. The molecule has 0 bridgehead atoms. The maximum atomic E-state index is 10.5. The zero-order valence-electron chi connectivity index (χ0n) is 17.9. The van der Waals surface area contributed by atoms with E-state index in [4.69, 9.17) is 16.9 Å². The van der Waals surface area contributed by atoms with Gasteiger partial charge in [0.2, 0.25) is 0 Å². The van der Waals surface area contributed by atoms with Crippen LogP contribution in [0.1, 0.15) is 89.9 Å². The van der Waals surface area contributed by atoms with Crippen molar-refractivity contribution in [1.82, 2.24) is 0 Å². The molecule has 1 heterocycles. The van der Waals surface area contributed by atoms with Crippen LogP contribution in [-0.4, -0.2) is 11.2 Å². The number of hydrogen-bond acceptors (Lipinski definition) is 3. The smallest absolute Gasteiger partial charge is 0.0931 e. The molecular weight excluding hydrogens is 386 g/mol. The number of hydrogen-bond donors (Lipinski definition) is 1. The summed E-state index contributed by atoms with van der Waals surface area (Å²) >= 11 is 7.39. The lowest BCUT2D eigenvalue weighted by Gasteiger charge is -2.49. The molecule has 158 valence electrons. The molecule has 0 radical (unpaired) electrons. The number of nitriles is 1. The molecular formula is C24H38ClNOS. The van der Waals surface area contributed by atoms with Crippen LogP contribution in [0.4, 0.5) is 0 Å². The molecule has 0 amide bonds. The molecule has 3 atom stereocenters. The lowest BCUT2D eigenvalue weighted by Crippen LogP contribution is -2.45. The molecule has 2 saturated carbocycles. The van der Waals surface area contributed by atoms with Crippen LogP contribution in [0, 0.1) is 34.5 Å². The molecule has 1 aromatic rings. The third-order valence-electron chi connectivity index (χ3n) is 7.10. The second kappa shape index (κ2) is 11.6. The van der Waals surface area contributed by atoms with Crippen molar-refractivity contribution in [3.63, 3.8) is 0 Å². The highest BCUT2D eigenvalue weighted by Gasteiger charge is 2.45. The van der Waals surface area contributed by atoms with Crippen LogP contribution in [0.3, 0.4) is 0 Å². The predicted octanol–water partition coefficient (Wildman–Crippen LogP) is 7.64. The van der Waals surface area contributed by atoms with Crippen molar-refractivity contribution in [2.45, 2.75) is 97.5 Å². The fourth-order valence-corrected chi connectivity index (χ4v) is 6.22. The quantitative estimate of drug-likeness (QED) is 0.466. The molecule has 2 aliphatic carbocycles. The fourth-order valence-electron chi connectivity index (χ4n) is 5.03. The Morgan fingerprint density at radius 2 is 2.04 bits per heavy atom. The summed E-state index contributed by atoms with van der Waals surface area (Å²) in [6.45, 7) is 6.68. The average Bonchev–Trinajstić information content (AvgIpc) is 3.23. The molecule has 28 heavy (non-hydrogen) atoms. The second-order valence-electron chi connectivity index (χ2n) is 9.07. The molecule has 1 N–H and O–H groups in total. The first-order chi connectivity index (χ1) is 13.4. The van der Waals surface area contributed by atoms with Crippen LogP contribution in [0.2, 0.25) is 4.34 Å². The van der Waals surface area contributed by atoms with E-state index in [0.717, 1.165) is 36.4 Å². The number of rotatable bonds is 8. The van der Waals surface area contributed by atoms with Gasteiger partial charge in [-0.15, -0.1) is 11.3 Å². The van der Waals surface area contributed by atoms with Gasteiger partial charge < -0.3 is 5.11 Å². The Bertz CT molecular complexity index is 616. The number of aliphatic hydroxyl groups excluding tert-OH is 1. The minimum Gasteiger partial charge on any atom is -0.393 e. The van der Waals surface area contributed by atoms with Gasteiger partial charge in [0.1, 0.15) is 0 Å². The van der Waals surface area contributed by atoms with Gasteiger partial charge in [0.05, 0.1) is 16.5 Å². The van der Waals surface area contributed by atoms with E-state index in [1.54, 1.807) is 11.3 Å². The van der Waals surface area contributed by atoms with Crippen molar-refractivity contribution < 1.29 is 5.11 Å². The molecule has 2 nitrogen and oxygen atoms in total. The zero-order chi connectivity index (χ0) is 20.6. The number of aryl methyl sites for hydroxylation is 1. The summed E-state index contributed by atoms with van der Waals surface area (Å²) in [5.41, 5.74) is 0.213. The van der Waals surface area contributed by atoms with Crippen LogP contribution in [0.5, 0.6) is 0 Å². The summed E-state index contributed by atoms with van der Waals surface area (Å²) in [7, 11) is 0. The second-order valence-corrected chi connectivity index (χ2v) is 10.9. The summed E-state index contributed by atoms with van der Waals surface area (Å²) in [5.74, 6) is 1.49. The third-order valence-corrected chi connectivity index (χ3v) is 8.39. The summed E-state index contributed by atoms with van der Waals surface area (Å²) in [6, 6.07) is 6.51. The maximum absolute atomic E-state index is 10.5. The van der Waals surface area contributed by atoms with E-state index in [9.17, 15) is 5.11 Å². The van der Waals surface area contributed by atoms with Gasteiger partial charge in [-0.1, -0.05) is 58.1 Å². The van der Waals surface area contributed by atoms with Crippen LogP contribution in [0.15, 0.2) is 12.1 Å². The van der Waals surface area contributed by atoms with Gasteiger partial charge >= 0.3 is 0 Å². The van der Waals surface area contributed by atoms with Crippen LogP contribution in [-0.2, 0) is 6.42 Å². The lowest BCUT2D eigenvalue weighted by atomic mass is 9.58. The van der Waals surface area contributed by atoms with Crippen molar-refractivity contribution in [1.29, 1.82) is 5.26 Å². The van der Waals surface area contributed by atoms with Crippen molar-refractivity contribution in [2.24, 2.45) is 23.2 Å². The molecule has 3 rings (SSSR count). The molecule has 1 unspecified atom stereocenters. The molecule has 0 saturated heterocycles. The highest BCUT2D eigenvalue weighted by molar-refractivity contribution is 7.16. The van der Waals surface area contributed by atoms with Gasteiger partial charge in [-0.3, -0.25) is 0 Å². The predicted molar refractivity (Wildman–Crippen MR) is 121 cm³/mol. The highest BCUT2D eigenvalue weighted by Crippen LogP contribution is 2.51. The maximum Gasteiger partial charge on any atom is 0.0931 e. The number of aliphatic hydroxyl groups is 1. The Hall–Kier alpha value is -0.560. The fraction of sp³-hybridized carbons (Fsp3) is 0.792. The lowest BCUT2D eigenvalue weighted by molar-refractivity contribution is -0.0741. The summed E-state index contributed by atoms with van der Waals surface area (Å²) in [6.07, 6.45) is 12.7. The van der Waals surface area contributed by atoms with Gasteiger partial charge in [-0.2, -0.15) is 5.26 Å². The monoisotopic (exact) mass is 423 g/mol. The number of halogens is 1. The zero-order valence-corrected chi connectivity index (χ0v) is 19.5. The topological polar surface area (TPSA) is 44.0 Å². The minimum absolute atomic E-state index is 0.122. The van der Waals surface area contributed by atoms with Crippen molar-refractivity contribution in [3.05, 3.63) is 21.3 Å². The molecule has 0 spiro atoms. The van der Waals surface area contributed by atoms with Crippen LogP contribution < -0.4 is 0 Å². The first-order valence-electron chi connectivity index (χ1n) is 11.2. The van der Waals surface area contributed by atoms with Crippen molar-refractivity contribution >= 4 is 22.9 Å². The first-order valence-corrected chi connectivity index (χ1v) is 12.4. The molecule has 4 heteroatoms. The largest absolute Gasteiger partial charge is 0.393 e. The van der Waals surface area contributed by atoms with E-state index in [0.29, 0.717) is 17.8 Å². The standard InChI is InChI=1S/C17H29NO.C7H9ClS/c1-13(2)17(10-5-11-17)16(19)9-4-7-14-6-3-8-15(14)12-18;1-2-3-6-4-5-7(8)9-6/h13-16,19H,3-11H2,1-2H3;4-5H,2-3H2,1H3/t14-,15+,16?;/m0./s1. The highest BCUT2D eigenvalue weighted by atomic mass is 35.5. The van der Waals surface area contributed by atoms with Crippen LogP contribution >= 0.6 is 22.9 Å². The van der Waals surface area contributed by atoms with Gasteiger partial charge in [0, 0.05) is 10.8 Å². The minimum atomic E-state index is -0.122. The summed E-state index contributed by atoms with van der Waals surface area (Å²) in [4.78, 5) is 1.39. The number of nitrogens with zero attached hydrogens (tertiary/aromatic N) is 1. The molecule has 0 aliphatic heterocycles. The van der Waals surface area contributed by atoms with E-state index in [-0.39, 0.29) is 11.5 Å². The summed E-state index contributed by atoms with van der Waals surface area (Å²) in [5, 5.41) is 19.6. The van der Waals surface area contributed by atoms with Crippen molar-refractivity contribution in [3.8, 4) is 6.07 Å². The van der Waals surface area contributed by atoms with E-state index in [1.807, 2.05) is 6.07 Å². The van der Waals surface area contributed by atoms with E-state index >= 15 is 0 Å². The van der Waals surface area contributed by atoms with Crippen molar-refractivity contribution in [2.75, 3.05) is 0 Å². The average molecular weight is 424 g/mol. The first kappa shape index (κ1) is 23.7. The Balaban J connectivity index is 0.000000261. The third kappa shape index (κ3) is 6.22. The number of thiophene rings is 1. The van der Waals surface area contributed by atoms with E-state index in [2.05, 4.69) is 32.9 Å². The summed E-state index contributed by atoms with van der Waals surface area (Å²) < 4.78 is 0.901. The van der Waals surface area contributed by atoms with Crippen LogP contribution in [0.25, 0.3) is 0 Å². The van der Waals surface area contributed by atoms with Gasteiger partial charge in [-0.25, -0.2) is 0 Å².